The maximum absolute atomic E-state index is 14.3. The molecule has 1 aromatic carbocycles. The van der Waals surface area contributed by atoms with E-state index in [4.69, 9.17) is 23.1 Å². The molecule has 0 amide bonds. The lowest BCUT2D eigenvalue weighted by Crippen LogP contribution is -2.30. The van der Waals surface area contributed by atoms with E-state index in [0.717, 1.165) is 19.4 Å². The van der Waals surface area contributed by atoms with E-state index in [1.165, 1.54) is 12.8 Å². The highest BCUT2D eigenvalue weighted by atomic mass is 35.5. The quantitative estimate of drug-likeness (QED) is 0.826. The Morgan fingerprint density at radius 1 is 1.22 bits per heavy atom. The van der Waals surface area contributed by atoms with Gasteiger partial charge >= 0.3 is 0 Å². The van der Waals surface area contributed by atoms with Crippen LogP contribution in [0.4, 0.5) is 21.5 Å². The smallest absolute Gasteiger partial charge is 0.169 e. The molecule has 98 valence electrons. The molecule has 2 saturated carbocycles. The van der Waals surface area contributed by atoms with Gasteiger partial charge in [-0.05, 0) is 37.7 Å². The van der Waals surface area contributed by atoms with Crippen molar-refractivity contribution >= 4 is 28.7 Å². The fourth-order valence-corrected chi connectivity index (χ4v) is 2.48. The number of hydrogen-bond acceptors (Lipinski definition) is 3. The molecule has 18 heavy (non-hydrogen) atoms. The summed E-state index contributed by atoms with van der Waals surface area (Å²) in [5.74, 6) is 0.211. The number of nitrogens with two attached hydrogens (primary N) is 2. The Bertz CT molecular complexity index is 484. The number of rotatable bonds is 4. The van der Waals surface area contributed by atoms with E-state index >= 15 is 0 Å². The highest BCUT2D eigenvalue weighted by molar-refractivity contribution is 6.33. The van der Waals surface area contributed by atoms with Crippen molar-refractivity contribution < 1.29 is 4.39 Å². The summed E-state index contributed by atoms with van der Waals surface area (Å²) in [6.07, 6.45) is 4.67. The fraction of sp³-hybridized carbons (Fsp3) is 0.538. The molecule has 5 heteroatoms. The van der Waals surface area contributed by atoms with Crippen molar-refractivity contribution in [2.24, 2.45) is 5.92 Å². The van der Waals surface area contributed by atoms with Crippen LogP contribution >= 0.6 is 11.6 Å². The average Bonchev–Trinajstić information content (AvgIpc) is 3.15. The zero-order valence-corrected chi connectivity index (χ0v) is 10.9. The third-order valence-corrected chi connectivity index (χ3v) is 4.05. The van der Waals surface area contributed by atoms with Gasteiger partial charge in [0.2, 0.25) is 0 Å². The lowest BCUT2D eigenvalue weighted by molar-refractivity contribution is 0.611. The van der Waals surface area contributed by atoms with E-state index in [9.17, 15) is 4.39 Å². The first-order chi connectivity index (χ1) is 8.58. The van der Waals surface area contributed by atoms with E-state index in [1.807, 2.05) is 0 Å². The third-order valence-electron chi connectivity index (χ3n) is 3.67. The molecule has 0 bridgehead atoms. The number of nitrogens with zero attached hydrogens (tertiary/aromatic N) is 1. The van der Waals surface area contributed by atoms with Crippen molar-refractivity contribution in [3.63, 3.8) is 0 Å². The summed E-state index contributed by atoms with van der Waals surface area (Å²) in [7, 11) is 0. The van der Waals surface area contributed by atoms with Crippen LogP contribution in [-0.4, -0.2) is 12.6 Å². The van der Waals surface area contributed by atoms with E-state index < -0.39 is 5.82 Å². The number of benzene rings is 1. The van der Waals surface area contributed by atoms with Crippen molar-refractivity contribution in [3.8, 4) is 0 Å². The maximum atomic E-state index is 14.3. The first-order valence-corrected chi connectivity index (χ1v) is 6.75. The number of halogens is 2. The maximum Gasteiger partial charge on any atom is 0.169 e. The number of hydrogen-bond donors (Lipinski definition) is 2. The van der Waals surface area contributed by atoms with Crippen LogP contribution in [0.5, 0.6) is 0 Å². The third kappa shape index (κ3) is 2.09. The summed E-state index contributed by atoms with van der Waals surface area (Å²) in [6, 6.07) is 1.98. The second kappa shape index (κ2) is 4.19. The van der Waals surface area contributed by atoms with Gasteiger partial charge in [0.1, 0.15) is 5.02 Å². The van der Waals surface area contributed by atoms with Crippen LogP contribution in [0.2, 0.25) is 5.02 Å². The van der Waals surface area contributed by atoms with Crippen LogP contribution in [0.3, 0.4) is 0 Å². The number of nitrogen functional groups attached to an aromatic ring is 2. The fourth-order valence-electron chi connectivity index (χ4n) is 2.34. The Morgan fingerprint density at radius 3 is 2.44 bits per heavy atom. The molecule has 0 atom stereocenters. The van der Waals surface area contributed by atoms with Gasteiger partial charge in [-0.25, -0.2) is 4.39 Å². The van der Waals surface area contributed by atoms with Crippen molar-refractivity contribution in [3.05, 3.63) is 16.9 Å². The second-order valence-corrected chi connectivity index (χ2v) is 5.74. The first-order valence-electron chi connectivity index (χ1n) is 6.37. The van der Waals surface area contributed by atoms with E-state index in [1.54, 1.807) is 6.07 Å². The van der Waals surface area contributed by atoms with Crippen LogP contribution in [-0.2, 0) is 0 Å². The number of anilines is 3. The topological polar surface area (TPSA) is 55.3 Å². The lowest BCUT2D eigenvalue weighted by Gasteiger charge is -2.27. The van der Waals surface area contributed by atoms with Gasteiger partial charge in [-0.15, -0.1) is 0 Å². The zero-order chi connectivity index (χ0) is 12.9. The summed E-state index contributed by atoms with van der Waals surface area (Å²) in [5, 5.41) is -0.0133. The summed E-state index contributed by atoms with van der Waals surface area (Å²) < 4.78 is 14.3. The molecule has 0 aliphatic heterocycles. The standard InChI is InChI=1S/C13H17ClFN3/c14-11-9(16)5-10(17)13(12(11)15)18(8-3-4-8)6-7-1-2-7/h5,7-8H,1-4,6,16-17H2. The van der Waals surface area contributed by atoms with Crippen LogP contribution in [0.15, 0.2) is 6.07 Å². The van der Waals surface area contributed by atoms with Crippen LogP contribution in [0.25, 0.3) is 0 Å². The Labute approximate surface area is 111 Å². The van der Waals surface area contributed by atoms with Gasteiger partial charge in [0.05, 0.1) is 17.1 Å². The van der Waals surface area contributed by atoms with Gasteiger partial charge in [0.25, 0.3) is 0 Å². The zero-order valence-electron chi connectivity index (χ0n) is 10.1. The molecule has 0 radical (unpaired) electrons. The minimum absolute atomic E-state index is 0.0133. The molecule has 0 aromatic heterocycles. The normalized spacial score (nSPS) is 19.0. The van der Waals surface area contributed by atoms with E-state index in [0.29, 0.717) is 23.3 Å². The average molecular weight is 270 g/mol. The molecule has 0 spiro atoms. The van der Waals surface area contributed by atoms with Crippen LogP contribution in [0.1, 0.15) is 25.7 Å². The van der Waals surface area contributed by atoms with Gasteiger partial charge in [-0.1, -0.05) is 11.6 Å². The molecule has 0 heterocycles. The largest absolute Gasteiger partial charge is 0.397 e. The molecule has 0 unspecified atom stereocenters. The SMILES string of the molecule is Nc1cc(N)c(N(CC2CC2)C2CC2)c(F)c1Cl. The molecule has 1 aromatic rings. The predicted octanol–water partition coefficient (Wildman–Crippen LogP) is 3.02. The highest BCUT2D eigenvalue weighted by Gasteiger charge is 2.36. The molecule has 2 aliphatic rings. The highest BCUT2D eigenvalue weighted by Crippen LogP contribution is 2.43. The van der Waals surface area contributed by atoms with Gasteiger partial charge in [-0.2, -0.15) is 0 Å². The summed E-state index contributed by atoms with van der Waals surface area (Å²) in [4.78, 5) is 2.09. The Kier molecular flexibility index (Phi) is 2.77. The summed E-state index contributed by atoms with van der Waals surface area (Å²) in [6.45, 7) is 0.881. The van der Waals surface area contributed by atoms with Gasteiger partial charge in [-0.3, -0.25) is 0 Å². The molecule has 2 aliphatic carbocycles. The molecule has 4 N–H and O–H groups in total. The summed E-state index contributed by atoms with van der Waals surface area (Å²) in [5.41, 5.74) is 12.6. The van der Waals surface area contributed by atoms with Gasteiger partial charge in [0, 0.05) is 12.6 Å². The van der Waals surface area contributed by atoms with Crippen molar-refractivity contribution in [1.29, 1.82) is 0 Å². The van der Waals surface area contributed by atoms with Gasteiger partial charge in [0.15, 0.2) is 5.82 Å². The van der Waals surface area contributed by atoms with E-state index in [-0.39, 0.29) is 10.7 Å². The van der Waals surface area contributed by atoms with Crippen molar-refractivity contribution in [1.82, 2.24) is 0 Å². The van der Waals surface area contributed by atoms with E-state index in [2.05, 4.69) is 4.90 Å². The monoisotopic (exact) mass is 269 g/mol. The van der Waals surface area contributed by atoms with Crippen LogP contribution < -0.4 is 16.4 Å². The molecule has 3 rings (SSSR count). The van der Waals surface area contributed by atoms with Gasteiger partial charge < -0.3 is 16.4 Å². The molecule has 3 nitrogen and oxygen atoms in total. The Morgan fingerprint density at radius 2 is 1.89 bits per heavy atom. The lowest BCUT2D eigenvalue weighted by atomic mass is 10.2. The van der Waals surface area contributed by atoms with Crippen molar-refractivity contribution in [2.45, 2.75) is 31.7 Å². The first kappa shape index (κ1) is 11.9. The van der Waals surface area contributed by atoms with Crippen molar-refractivity contribution in [2.75, 3.05) is 22.9 Å². The summed E-state index contributed by atoms with van der Waals surface area (Å²) >= 11 is 5.89. The Hall–Kier alpha value is -1.16. The second-order valence-electron chi connectivity index (χ2n) is 5.36. The molecular formula is C13H17ClFN3. The van der Waals surface area contributed by atoms with Crippen LogP contribution in [0, 0.1) is 11.7 Å². The Balaban J connectivity index is 1.99. The molecule has 2 fully saturated rings. The molecule has 0 saturated heterocycles. The minimum Gasteiger partial charge on any atom is -0.397 e. The predicted molar refractivity (Wildman–Crippen MR) is 73.3 cm³/mol. The molecular weight excluding hydrogens is 253 g/mol. The minimum atomic E-state index is -0.471.